The van der Waals surface area contributed by atoms with Crippen molar-refractivity contribution in [1.29, 1.82) is 0 Å². The van der Waals surface area contributed by atoms with Crippen LogP contribution in [0.25, 0.3) is 0 Å². The molecule has 2 heterocycles. The van der Waals surface area contributed by atoms with E-state index in [0.29, 0.717) is 29.5 Å². The number of anilines is 1. The van der Waals surface area contributed by atoms with Crippen molar-refractivity contribution in [2.75, 3.05) is 4.90 Å². The molecule has 1 aliphatic rings. The summed E-state index contributed by atoms with van der Waals surface area (Å²) < 4.78 is 34.8. The third-order valence-electron chi connectivity index (χ3n) is 5.23. The van der Waals surface area contributed by atoms with E-state index in [9.17, 15) is 13.6 Å². The summed E-state index contributed by atoms with van der Waals surface area (Å²) in [5.74, 6) is 0.368. The smallest absolute Gasteiger partial charge is 0.387 e. The van der Waals surface area contributed by atoms with Crippen LogP contribution in [0.1, 0.15) is 34.2 Å². The predicted molar refractivity (Wildman–Crippen MR) is 109 cm³/mol. The summed E-state index contributed by atoms with van der Waals surface area (Å²) in [6.07, 6.45) is 2.46. The highest BCUT2D eigenvalue weighted by atomic mass is 19.3. The van der Waals surface area contributed by atoms with Gasteiger partial charge in [0.05, 0.1) is 18.4 Å². The molecule has 1 aliphatic heterocycles. The van der Waals surface area contributed by atoms with Gasteiger partial charge in [-0.15, -0.1) is 0 Å². The molecule has 7 heteroatoms. The number of amides is 1. The van der Waals surface area contributed by atoms with Crippen molar-refractivity contribution in [3.05, 3.63) is 83.3 Å². The van der Waals surface area contributed by atoms with Crippen LogP contribution in [-0.4, -0.2) is 18.6 Å². The summed E-state index contributed by atoms with van der Waals surface area (Å²) >= 11 is 0. The fourth-order valence-corrected chi connectivity index (χ4v) is 3.80. The Balaban J connectivity index is 1.43. The minimum atomic E-state index is -2.89. The highest BCUT2D eigenvalue weighted by molar-refractivity contribution is 5.95. The SMILES string of the molecule is CC1Cc2ccccc2N1Cc1occc1C(=O)NCc1cccc(OC(F)F)c1. The van der Waals surface area contributed by atoms with E-state index < -0.39 is 6.61 Å². The van der Waals surface area contributed by atoms with Crippen LogP contribution >= 0.6 is 0 Å². The van der Waals surface area contributed by atoms with Crippen molar-refractivity contribution < 1.29 is 22.7 Å². The Morgan fingerprint density at radius 1 is 1.23 bits per heavy atom. The molecule has 0 spiro atoms. The van der Waals surface area contributed by atoms with Gasteiger partial charge in [-0.3, -0.25) is 4.79 Å². The number of nitrogens with one attached hydrogen (secondary N) is 1. The Bertz CT molecular complexity index is 1030. The maximum atomic E-state index is 12.7. The minimum Gasteiger partial charge on any atom is -0.467 e. The first-order valence-corrected chi connectivity index (χ1v) is 9.74. The van der Waals surface area contributed by atoms with E-state index in [2.05, 4.69) is 34.0 Å². The number of nitrogens with zero attached hydrogens (tertiary/aromatic N) is 1. The van der Waals surface area contributed by atoms with Gasteiger partial charge < -0.3 is 19.4 Å². The Hall–Kier alpha value is -3.35. The first-order chi connectivity index (χ1) is 14.5. The number of alkyl halides is 2. The summed E-state index contributed by atoms with van der Waals surface area (Å²) in [5.41, 5.74) is 3.57. The van der Waals surface area contributed by atoms with E-state index in [0.717, 1.165) is 12.1 Å². The zero-order chi connectivity index (χ0) is 21.1. The van der Waals surface area contributed by atoms with Crippen molar-refractivity contribution in [3.8, 4) is 5.75 Å². The molecule has 0 saturated heterocycles. The Morgan fingerprint density at radius 2 is 2.07 bits per heavy atom. The third-order valence-corrected chi connectivity index (χ3v) is 5.23. The molecule has 1 atom stereocenters. The van der Waals surface area contributed by atoms with Gasteiger partial charge in [-0.2, -0.15) is 8.78 Å². The third kappa shape index (κ3) is 4.30. The fraction of sp³-hybridized carbons (Fsp3) is 0.261. The molecule has 0 fully saturated rings. The monoisotopic (exact) mass is 412 g/mol. The molecule has 0 bridgehead atoms. The lowest BCUT2D eigenvalue weighted by Gasteiger charge is -2.24. The molecule has 2 aromatic carbocycles. The zero-order valence-corrected chi connectivity index (χ0v) is 16.5. The number of hydrogen-bond acceptors (Lipinski definition) is 4. The van der Waals surface area contributed by atoms with Crippen LogP contribution in [0.3, 0.4) is 0 Å². The van der Waals surface area contributed by atoms with Crippen molar-refractivity contribution in [1.82, 2.24) is 5.32 Å². The predicted octanol–water partition coefficient (Wildman–Crippen LogP) is 4.76. The lowest BCUT2D eigenvalue weighted by atomic mass is 10.1. The van der Waals surface area contributed by atoms with E-state index in [-0.39, 0.29) is 18.2 Å². The maximum Gasteiger partial charge on any atom is 0.387 e. The number of carbonyl (C=O) groups is 1. The quantitative estimate of drug-likeness (QED) is 0.608. The molecule has 1 N–H and O–H groups in total. The molecule has 0 aliphatic carbocycles. The molecule has 30 heavy (non-hydrogen) atoms. The minimum absolute atomic E-state index is 0.0578. The second kappa shape index (κ2) is 8.57. The number of benzene rings is 2. The summed E-state index contributed by atoms with van der Waals surface area (Å²) in [5, 5.41) is 2.82. The van der Waals surface area contributed by atoms with E-state index in [1.54, 1.807) is 18.2 Å². The van der Waals surface area contributed by atoms with Crippen molar-refractivity contribution in [3.63, 3.8) is 0 Å². The van der Waals surface area contributed by atoms with Crippen LogP contribution in [-0.2, 0) is 19.5 Å². The summed E-state index contributed by atoms with van der Waals surface area (Å²) in [6, 6.07) is 16.4. The Kier molecular flexibility index (Phi) is 5.70. The number of halogens is 2. The van der Waals surface area contributed by atoms with Gasteiger partial charge in [-0.25, -0.2) is 0 Å². The van der Waals surface area contributed by atoms with Crippen LogP contribution in [0.5, 0.6) is 5.75 Å². The van der Waals surface area contributed by atoms with Crippen LogP contribution in [0.4, 0.5) is 14.5 Å². The van der Waals surface area contributed by atoms with Gasteiger partial charge in [0.1, 0.15) is 11.5 Å². The Morgan fingerprint density at radius 3 is 2.90 bits per heavy atom. The van der Waals surface area contributed by atoms with Crippen molar-refractivity contribution in [2.24, 2.45) is 0 Å². The Labute approximate surface area is 173 Å². The molecule has 1 amide bonds. The van der Waals surface area contributed by atoms with Crippen molar-refractivity contribution >= 4 is 11.6 Å². The molecule has 3 aromatic rings. The number of hydrogen-bond donors (Lipinski definition) is 1. The van der Waals surface area contributed by atoms with Gasteiger partial charge in [0, 0.05) is 18.3 Å². The molecule has 0 saturated carbocycles. The van der Waals surface area contributed by atoms with Crippen molar-refractivity contribution in [2.45, 2.75) is 39.1 Å². The summed E-state index contributed by atoms with van der Waals surface area (Å²) in [4.78, 5) is 15.0. The number of fused-ring (bicyclic) bond motifs is 1. The van der Waals surface area contributed by atoms with Crippen LogP contribution in [0.15, 0.2) is 65.3 Å². The average molecular weight is 412 g/mol. The van der Waals surface area contributed by atoms with Gasteiger partial charge in [0.25, 0.3) is 5.91 Å². The molecule has 1 unspecified atom stereocenters. The van der Waals surface area contributed by atoms with E-state index in [1.807, 2.05) is 12.1 Å². The molecule has 156 valence electrons. The highest BCUT2D eigenvalue weighted by Gasteiger charge is 2.27. The molecular formula is C23H22F2N2O3. The summed E-state index contributed by atoms with van der Waals surface area (Å²) in [6.45, 7) is -0.0586. The van der Waals surface area contributed by atoms with Gasteiger partial charge >= 0.3 is 6.61 Å². The first-order valence-electron chi connectivity index (χ1n) is 9.74. The number of para-hydroxylation sites is 1. The zero-order valence-electron chi connectivity index (χ0n) is 16.5. The lowest BCUT2D eigenvalue weighted by molar-refractivity contribution is -0.0498. The maximum absolute atomic E-state index is 12.7. The second-order valence-corrected chi connectivity index (χ2v) is 7.28. The topological polar surface area (TPSA) is 54.7 Å². The fourth-order valence-electron chi connectivity index (χ4n) is 3.80. The average Bonchev–Trinajstić information content (AvgIpc) is 3.31. The van der Waals surface area contributed by atoms with Gasteiger partial charge in [0.15, 0.2) is 0 Å². The molecule has 0 radical (unpaired) electrons. The number of rotatable bonds is 7. The largest absolute Gasteiger partial charge is 0.467 e. The molecule has 4 rings (SSSR count). The molecule has 5 nitrogen and oxygen atoms in total. The number of ether oxygens (including phenoxy) is 1. The van der Waals surface area contributed by atoms with Gasteiger partial charge in [0.2, 0.25) is 0 Å². The number of carbonyl (C=O) groups excluding carboxylic acids is 1. The first kappa shape index (κ1) is 19.9. The van der Waals surface area contributed by atoms with Gasteiger partial charge in [-0.05, 0) is 48.7 Å². The van der Waals surface area contributed by atoms with E-state index >= 15 is 0 Å². The van der Waals surface area contributed by atoms with Crippen LogP contribution < -0.4 is 15.0 Å². The summed E-state index contributed by atoms with van der Waals surface area (Å²) in [7, 11) is 0. The second-order valence-electron chi connectivity index (χ2n) is 7.28. The van der Waals surface area contributed by atoms with Gasteiger partial charge in [-0.1, -0.05) is 30.3 Å². The highest BCUT2D eigenvalue weighted by Crippen LogP contribution is 2.33. The normalized spacial score (nSPS) is 15.3. The molecular weight excluding hydrogens is 390 g/mol. The number of furan rings is 1. The van der Waals surface area contributed by atoms with Crippen LogP contribution in [0, 0.1) is 0 Å². The van der Waals surface area contributed by atoms with E-state index in [1.165, 1.54) is 24.0 Å². The van der Waals surface area contributed by atoms with E-state index in [4.69, 9.17) is 4.42 Å². The molecule has 1 aromatic heterocycles. The van der Waals surface area contributed by atoms with Crippen LogP contribution in [0.2, 0.25) is 0 Å². The lowest BCUT2D eigenvalue weighted by Crippen LogP contribution is -2.30. The standard InChI is InChI=1S/C23H22F2N2O3/c1-15-11-17-6-2-3-8-20(17)27(15)14-21-19(9-10-29-21)22(28)26-13-16-5-4-7-18(12-16)30-23(24)25/h2-10,12,15,23H,11,13-14H2,1H3,(H,26,28).